The second-order valence-corrected chi connectivity index (χ2v) is 11.4. The molecular formula is C28H37FO7. The summed E-state index contributed by atoms with van der Waals surface area (Å²) in [6, 6.07) is 0. The molecule has 0 aromatic rings. The van der Waals surface area contributed by atoms with Crippen LogP contribution < -0.4 is 0 Å². The second-order valence-electron chi connectivity index (χ2n) is 11.4. The Morgan fingerprint density at radius 1 is 1.14 bits per heavy atom. The van der Waals surface area contributed by atoms with Crippen molar-refractivity contribution in [1.82, 2.24) is 0 Å². The molecule has 1 N–H and O–H groups in total. The number of carbonyl (C=O) groups excluding carboxylic acids is 4. The van der Waals surface area contributed by atoms with E-state index in [0.29, 0.717) is 18.4 Å². The zero-order valence-electron chi connectivity index (χ0n) is 21.8. The summed E-state index contributed by atoms with van der Waals surface area (Å²) in [5.74, 6) is -3.28. The summed E-state index contributed by atoms with van der Waals surface area (Å²) in [5.41, 5.74) is -5.28. The number of Topliss-reactive ketones (excluding diaryl/α,β-unsaturated/α-hetero) is 1. The van der Waals surface area contributed by atoms with Gasteiger partial charge in [-0.15, -0.1) is 0 Å². The van der Waals surface area contributed by atoms with Crippen LogP contribution in [-0.4, -0.2) is 52.6 Å². The number of hydrogen-bond donors (Lipinski definition) is 1. The number of halogens is 1. The first-order chi connectivity index (χ1) is 16.8. The first-order valence-electron chi connectivity index (χ1n) is 13.0. The quantitative estimate of drug-likeness (QED) is 0.433. The fourth-order valence-corrected chi connectivity index (χ4v) is 7.91. The van der Waals surface area contributed by atoms with Crippen LogP contribution in [0, 0.1) is 28.6 Å². The van der Waals surface area contributed by atoms with E-state index in [-0.39, 0.29) is 31.5 Å². The zero-order valence-corrected chi connectivity index (χ0v) is 21.8. The van der Waals surface area contributed by atoms with E-state index in [1.165, 1.54) is 6.08 Å². The standard InChI is InChI=1S/C28H37FO7/c1-6-23(33)35-15-22(32)28(36-24(34)7-2)16(3)12-20-19-9-8-17-13-18(30)10-11-25(17,4)27(19,29)21(31)14-26(20,28)5/h8,10-11,16,19-21,31H,6-7,9,12-15H2,1-5H3/t16-,19-,20-,21-,25-,26-,27-,28?/m0/s1. The van der Waals surface area contributed by atoms with Crippen molar-refractivity contribution in [3.05, 3.63) is 23.8 Å². The summed E-state index contributed by atoms with van der Waals surface area (Å²) >= 11 is 0. The highest BCUT2D eigenvalue weighted by molar-refractivity contribution is 5.94. The summed E-state index contributed by atoms with van der Waals surface area (Å²) in [6.45, 7) is 8.04. The average molecular weight is 505 g/mol. The predicted octanol–water partition coefficient (Wildman–Crippen LogP) is 3.82. The topological polar surface area (TPSA) is 107 Å². The number of esters is 2. The first kappa shape index (κ1) is 26.7. The number of fused-ring (bicyclic) bond motifs is 5. The Morgan fingerprint density at radius 3 is 2.44 bits per heavy atom. The molecule has 0 aromatic carbocycles. The van der Waals surface area contributed by atoms with Crippen LogP contribution in [0.25, 0.3) is 0 Å². The van der Waals surface area contributed by atoms with Crippen molar-refractivity contribution in [3.63, 3.8) is 0 Å². The van der Waals surface area contributed by atoms with Gasteiger partial charge in [0.2, 0.25) is 5.78 Å². The van der Waals surface area contributed by atoms with Crippen LogP contribution >= 0.6 is 0 Å². The maximum Gasteiger partial charge on any atom is 0.306 e. The van der Waals surface area contributed by atoms with Crippen LogP contribution in [-0.2, 0) is 28.7 Å². The maximum absolute atomic E-state index is 17.4. The molecule has 36 heavy (non-hydrogen) atoms. The predicted molar refractivity (Wildman–Crippen MR) is 128 cm³/mol. The number of carbonyl (C=O) groups is 4. The van der Waals surface area contributed by atoms with Crippen LogP contribution in [0.3, 0.4) is 0 Å². The van der Waals surface area contributed by atoms with Crippen LogP contribution in [0.4, 0.5) is 4.39 Å². The minimum atomic E-state index is -2.05. The van der Waals surface area contributed by atoms with E-state index in [1.807, 2.05) is 13.0 Å². The fourth-order valence-electron chi connectivity index (χ4n) is 7.91. The van der Waals surface area contributed by atoms with Crippen molar-refractivity contribution in [1.29, 1.82) is 0 Å². The van der Waals surface area contributed by atoms with Crippen LogP contribution in [0.1, 0.15) is 73.1 Å². The minimum absolute atomic E-state index is 0.0409. The number of hydrogen-bond acceptors (Lipinski definition) is 7. The SMILES string of the molecule is CCC(=O)OCC(=O)C1(OC(=O)CC)[C@@H](C)C[C@H]2[C@@H]3CC=C4CC(=O)C=C[C@]4(C)[C@@]3(F)[C@@H](O)C[C@@]21C. The highest BCUT2D eigenvalue weighted by Crippen LogP contribution is 2.71. The molecule has 1 unspecified atom stereocenters. The molecule has 2 saturated carbocycles. The lowest BCUT2D eigenvalue weighted by Gasteiger charge is -2.62. The molecule has 0 saturated heterocycles. The number of ether oxygens (including phenoxy) is 2. The second kappa shape index (κ2) is 8.89. The smallest absolute Gasteiger partial charge is 0.306 e. The van der Waals surface area contributed by atoms with E-state index in [2.05, 4.69) is 0 Å². The third kappa shape index (κ3) is 3.39. The van der Waals surface area contributed by atoms with Gasteiger partial charge in [0.15, 0.2) is 23.7 Å². The molecule has 0 amide bonds. The van der Waals surface area contributed by atoms with Crippen LogP contribution in [0.2, 0.25) is 0 Å². The van der Waals surface area contributed by atoms with Crippen molar-refractivity contribution in [2.45, 2.75) is 90.5 Å². The van der Waals surface area contributed by atoms with Crippen LogP contribution in [0.5, 0.6) is 0 Å². The van der Waals surface area contributed by atoms with Gasteiger partial charge >= 0.3 is 11.9 Å². The number of allylic oxidation sites excluding steroid dienone is 4. The minimum Gasteiger partial charge on any atom is -0.457 e. The Kier molecular flexibility index (Phi) is 6.60. The molecule has 0 radical (unpaired) electrons. The molecule has 8 heteroatoms. The van der Waals surface area contributed by atoms with Gasteiger partial charge in [-0.3, -0.25) is 19.2 Å². The molecule has 4 aliphatic carbocycles. The molecule has 8 atom stereocenters. The third-order valence-corrected chi connectivity index (χ3v) is 9.78. The van der Waals surface area contributed by atoms with Crippen LogP contribution in [0.15, 0.2) is 23.8 Å². The summed E-state index contributed by atoms with van der Waals surface area (Å²) in [4.78, 5) is 50.3. The number of ketones is 2. The number of rotatable bonds is 6. The molecule has 0 spiro atoms. The van der Waals surface area contributed by atoms with Gasteiger partial charge in [-0.05, 0) is 38.2 Å². The average Bonchev–Trinajstić information content (AvgIpc) is 3.05. The lowest BCUT2D eigenvalue weighted by molar-refractivity contribution is -0.225. The Bertz CT molecular complexity index is 1050. The molecule has 2 fully saturated rings. The van der Waals surface area contributed by atoms with E-state index >= 15 is 4.39 Å². The maximum atomic E-state index is 17.4. The highest BCUT2D eigenvalue weighted by atomic mass is 19.1. The number of aliphatic hydroxyl groups is 1. The molecule has 4 rings (SSSR count). The van der Waals surface area contributed by atoms with E-state index in [4.69, 9.17) is 9.47 Å². The summed E-state index contributed by atoms with van der Waals surface area (Å²) in [6.07, 6.45) is 4.30. The van der Waals surface area contributed by atoms with Gasteiger partial charge in [-0.25, -0.2) is 4.39 Å². The number of aliphatic hydroxyl groups excluding tert-OH is 1. The first-order valence-corrected chi connectivity index (χ1v) is 13.0. The normalized spacial score (nSPS) is 43.1. The lowest BCUT2D eigenvalue weighted by atomic mass is 9.45. The largest absolute Gasteiger partial charge is 0.457 e. The van der Waals surface area contributed by atoms with Gasteiger partial charge in [0.1, 0.15) is 0 Å². The molecular weight excluding hydrogens is 467 g/mol. The molecule has 4 aliphatic rings. The van der Waals surface area contributed by atoms with E-state index in [1.54, 1.807) is 33.8 Å². The highest BCUT2D eigenvalue weighted by Gasteiger charge is 2.77. The van der Waals surface area contributed by atoms with Crippen molar-refractivity contribution < 1.29 is 38.1 Å². The Balaban J connectivity index is 1.81. The van der Waals surface area contributed by atoms with Gasteiger partial charge in [0, 0.05) is 41.9 Å². The molecule has 0 heterocycles. The fraction of sp³-hybridized carbons (Fsp3) is 0.714. The molecule has 198 valence electrons. The third-order valence-electron chi connectivity index (χ3n) is 9.78. The summed E-state index contributed by atoms with van der Waals surface area (Å²) in [5, 5.41) is 11.5. The Morgan fingerprint density at radius 2 is 1.81 bits per heavy atom. The van der Waals surface area contributed by atoms with E-state index in [0.717, 1.165) is 0 Å². The molecule has 7 nitrogen and oxygen atoms in total. The lowest BCUT2D eigenvalue weighted by Crippen LogP contribution is -2.69. The van der Waals surface area contributed by atoms with Crippen molar-refractivity contribution in [3.8, 4) is 0 Å². The molecule has 0 bridgehead atoms. The van der Waals surface area contributed by atoms with Gasteiger partial charge in [-0.2, -0.15) is 0 Å². The molecule has 0 aromatic heterocycles. The molecule has 0 aliphatic heterocycles. The zero-order chi connectivity index (χ0) is 26.7. The number of alkyl halides is 1. The van der Waals surface area contributed by atoms with Crippen molar-refractivity contribution >= 4 is 23.5 Å². The van der Waals surface area contributed by atoms with Gasteiger partial charge in [-0.1, -0.05) is 45.4 Å². The monoisotopic (exact) mass is 504 g/mol. The van der Waals surface area contributed by atoms with Gasteiger partial charge in [0.25, 0.3) is 0 Å². The van der Waals surface area contributed by atoms with Crippen molar-refractivity contribution in [2.75, 3.05) is 6.61 Å². The van der Waals surface area contributed by atoms with E-state index < -0.39 is 70.3 Å². The summed E-state index contributed by atoms with van der Waals surface area (Å²) in [7, 11) is 0. The van der Waals surface area contributed by atoms with E-state index in [9.17, 15) is 24.3 Å². The van der Waals surface area contributed by atoms with Gasteiger partial charge < -0.3 is 14.6 Å². The van der Waals surface area contributed by atoms with Crippen molar-refractivity contribution in [2.24, 2.45) is 28.6 Å². The summed E-state index contributed by atoms with van der Waals surface area (Å²) < 4.78 is 28.5. The Labute approximate surface area is 211 Å². The van der Waals surface area contributed by atoms with Gasteiger partial charge in [0.05, 0.1) is 6.10 Å². The Hall–Kier alpha value is -2.35.